The van der Waals surface area contributed by atoms with Crippen molar-refractivity contribution in [1.82, 2.24) is 20.4 Å². The second-order valence-electron chi connectivity index (χ2n) is 9.88. The molecule has 9 nitrogen and oxygen atoms in total. The molecule has 182 valence electrons. The van der Waals surface area contributed by atoms with Gasteiger partial charge in [0, 0.05) is 38.5 Å². The van der Waals surface area contributed by atoms with E-state index in [0.717, 1.165) is 0 Å². The molecule has 0 aromatic carbocycles. The van der Waals surface area contributed by atoms with E-state index in [0.29, 0.717) is 13.0 Å². The Kier molecular flexibility index (Phi) is 7.11. The van der Waals surface area contributed by atoms with Crippen molar-refractivity contribution in [3.8, 4) is 0 Å². The number of nitrogens with one attached hydrogen (secondary N) is 2. The van der Waals surface area contributed by atoms with E-state index < -0.39 is 53.3 Å². The molecule has 11 heteroatoms. The van der Waals surface area contributed by atoms with Crippen molar-refractivity contribution in [2.45, 2.75) is 81.6 Å². The van der Waals surface area contributed by atoms with Gasteiger partial charge in [0.05, 0.1) is 11.6 Å². The van der Waals surface area contributed by atoms with E-state index in [4.69, 9.17) is 5.73 Å². The van der Waals surface area contributed by atoms with E-state index >= 15 is 0 Å². The zero-order valence-electron chi connectivity index (χ0n) is 18.9. The van der Waals surface area contributed by atoms with Crippen molar-refractivity contribution in [3.05, 3.63) is 0 Å². The Morgan fingerprint density at radius 2 is 1.81 bits per heavy atom. The fraction of sp³-hybridized carbons (Fsp3) is 0.857. The minimum Gasteiger partial charge on any atom is -0.389 e. The average molecular weight is 460 g/mol. The van der Waals surface area contributed by atoms with Crippen LogP contribution in [0.15, 0.2) is 0 Å². The number of likely N-dealkylation sites (N-methyl/N-ethyl adjacent to an activating group) is 1. The highest BCUT2D eigenvalue weighted by Crippen LogP contribution is 2.38. The number of piperazine rings is 1. The highest BCUT2D eigenvalue weighted by Gasteiger charge is 2.49. The van der Waals surface area contributed by atoms with Gasteiger partial charge in [-0.25, -0.2) is 8.78 Å². The maximum absolute atomic E-state index is 13.7. The quantitative estimate of drug-likeness (QED) is 0.421. The number of carbonyl (C=O) groups excluding carboxylic acids is 3. The summed E-state index contributed by atoms with van der Waals surface area (Å²) in [4.78, 5) is 41.8. The normalized spacial score (nSPS) is 32.8. The summed E-state index contributed by atoms with van der Waals surface area (Å²) < 4.78 is 27.5. The number of aliphatic hydroxyl groups is 1. The number of halogens is 2. The summed E-state index contributed by atoms with van der Waals surface area (Å²) in [6.45, 7) is 4.09. The summed E-state index contributed by atoms with van der Waals surface area (Å²) in [6.07, 6.45) is -0.0749. The third-order valence-electron chi connectivity index (χ3n) is 7.16. The van der Waals surface area contributed by atoms with Crippen LogP contribution in [-0.2, 0) is 14.4 Å². The van der Waals surface area contributed by atoms with Crippen LogP contribution in [0, 0.1) is 5.92 Å². The van der Waals surface area contributed by atoms with E-state index in [1.54, 1.807) is 20.9 Å². The van der Waals surface area contributed by atoms with Crippen LogP contribution in [0.3, 0.4) is 0 Å². The molecule has 0 spiro atoms. The predicted octanol–water partition coefficient (Wildman–Crippen LogP) is -0.574. The van der Waals surface area contributed by atoms with Gasteiger partial charge in [0.1, 0.15) is 12.1 Å². The number of amides is 3. The summed E-state index contributed by atoms with van der Waals surface area (Å²) in [5, 5.41) is 16.0. The Hall–Kier alpha value is -1.85. The molecule has 0 radical (unpaired) electrons. The van der Waals surface area contributed by atoms with Gasteiger partial charge in [0.25, 0.3) is 0 Å². The third kappa shape index (κ3) is 5.37. The first-order valence-electron chi connectivity index (χ1n) is 11.3. The van der Waals surface area contributed by atoms with Crippen LogP contribution in [0.25, 0.3) is 0 Å². The first-order valence-corrected chi connectivity index (χ1v) is 11.3. The van der Waals surface area contributed by atoms with Crippen LogP contribution in [0.5, 0.6) is 0 Å². The summed E-state index contributed by atoms with van der Waals surface area (Å²) in [5.41, 5.74) is 4.68. The van der Waals surface area contributed by atoms with E-state index in [1.807, 2.05) is 4.90 Å². The first kappa shape index (κ1) is 24.8. The molecule has 32 heavy (non-hydrogen) atoms. The molecule has 3 amide bonds. The Morgan fingerprint density at radius 1 is 1.19 bits per heavy atom. The van der Waals surface area contributed by atoms with Crippen molar-refractivity contribution < 1.29 is 28.3 Å². The summed E-state index contributed by atoms with van der Waals surface area (Å²) >= 11 is 0. The minimum atomic E-state index is -2.77. The third-order valence-corrected chi connectivity index (χ3v) is 7.16. The lowest BCUT2D eigenvalue weighted by molar-refractivity contribution is -0.149. The zero-order chi connectivity index (χ0) is 23.8. The van der Waals surface area contributed by atoms with Gasteiger partial charge in [0.2, 0.25) is 23.6 Å². The monoisotopic (exact) mass is 459 g/mol. The van der Waals surface area contributed by atoms with Crippen molar-refractivity contribution in [1.29, 1.82) is 0 Å². The number of nitrogens with two attached hydrogens (primary N) is 1. The van der Waals surface area contributed by atoms with Crippen LogP contribution in [0.1, 0.15) is 46.0 Å². The topological polar surface area (TPSA) is 128 Å². The highest BCUT2D eigenvalue weighted by molar-refractivity contribution is 5.93. The van der Waals surface area contributed by atoms with Gasteiger partial charge in [-0.3, -0.25) is 19.3 Å². The van der Waals surface area contributed by atoms with Gasteiger partial charge >= 0.3 is 0 Å². The Morgan fingerprint density at radius 3 is 2.38 bits per heavy atom. The SMILES string of the molecule is CN[C@@H](C)C(=O)N[C@H](C(=O)N1C[C@H]2C[C@@](C)(O)CN2C[C@H]1C(N)=O)C1CCC(F)(F)CC1. The maximum atomic E-state index is 13.7. The molecule has 0 bridgehead atoms. The molecular weight excluding hydrogens is 424 g/mol. The summed E-state index contributed by atoms with van der Waals surface area (Å²) in [5.74, 6) is -4.81. The molecule has 3 rings (SSSR count). The molecule has 2 aliphatic heterocycles. The summed E-state index contributed by atoms with van der Waals surface area (Å²) in [6, 6.07) is -2.67. The van der Waals surface area contributed by atoms with Crippen molar-refractivity contribution >= 4 is 17.7 Å². The molecule has 0 aromatic rings. The lowest BCUT2D eigenvalue weighted by atomic mass is 9.81. The second-order valence-corrected chi connectivity index (χ2v) is 9.88. The number of hydrogen-bond donors (Lipinski definition) is 4. The molecule has 2 saturated heterocycles. The van der Waals surface area contributed by atoms with E-state index in [9.17, 15) is 28.3 Å². The number of carbonyl (C=O) groups is 3. The molecule has 3 fully saturated rings. The molecule has 0 aromatic heterocycles. The van der Waals surface area contributed by atoms with Crippen molar-refractivity contribution in [2.75, 3.05) is 26.7 Å². The fourth-order valence-corrected chi connectivity index (χ4v) is 5.19. The van der Waals surface area contributed by atoms with Crippen LogP contribution < -0.4 is 16.4 Å². The van der Waals surface area contributed by atoms with E-state index in [-0.39, 0.29) is 44.8 Å². The smallest absolute Gasteiger partial charge is 0.248 e. The number of hydrogen-bond acceptors (Lipinski definition) is 6. The Bertz CT molecular complexity index is 740. The molecule has 5 N–H and O–H groups in total. The first-order chi connectivity index (χ1) is 14.8. The fourth-order valence-electron chi connectivity index (χ4n) is 5.19. The average Bonchev–Trinajstić information content (AvgIpc) is 3.02. The van der Waals surface area contributed by atoms with Crippen molar-refractivity contribution in [2.24, 2.45) is 11.7 Å². The number of alkyl halides is 2. The van der Waals surface area contributed by atoms with Gasteiger partial charge in [-0.1, -0.05) is 0 Å². The van der Waals surface area contributed by atoms with Gasteiger partial charge in [-0.05, 0) is 46.1 Å². The van der Waals surface area contributed by atoms with Gasteiger partial charge in [-0.2, -0.15) is 0 Å². The number of fused-ring (bicyclic) bond motifs is 1. The van der Waals surface area contributed by atoms with Gasteiger partial charge in [-0.15, -0.1) is 0 Å². The molecular formula is C21H35F2N5O4. The molecule has 0 unspecified atom stereocenters. The molecule has 3 aliphatic rings. The van der Waals surface area contributed by atoms with E-state index in [1.165, 1.54) is 4.90 Å². The van der Waals surface area contributed by atoms with Crippen LogP contribution in [0.4, 0.5) is 8.78 Å². The maximum Gasteiger partial charge on any atom is 0.248 e. The second kappa shape index (κ2) is 9.18. The standard InChI is InChI=1S/C21H35F2N5O4/c1-12(25-3)18(30)26-16(13-4-6-21(22,23)7-5-13)19(31)28-9-14-8-20(2,32)11-27(14)10-15(28)17(24)29/h12-16,25,32H,4-11H2,1-3H3,(H2,24,29)(H,26,30)/t12-,14+,15-,16-,20+/m0/s1. The van der Waals surface area contributed by atoms with Crippen LogP contribution in [-0.4, -0.2) is 95.0 Å². The zero-order valence-corrected chi connectivity index (χ0v) is 18.9. The predicted molar refractivity (Wildman–Crippen MR) is 113 cm³/mol. The Labute approximate surface area is 187 Å². The lowest BCUT2D eigenvalue weighted by Gasteiger charge is -2.44. The molecule has 2 heterocycles. The largest absolute Gasteiger partial charge is 0.389 e. The molecule has 1 aliphatic carbocycles. The summed E-state index contributed by atoms with van der Waals surface area (Å²) in [7, 11) is 1.61. The lowest BCUT2D eigenvalue weighted by Crippen LogP contribution is -2.66. The Balaban J connectivity index is 1.84. The van der Waals surface area contributed by atoms with Crippen molar-refractivity contribution in [3.63, 3.8) is 0 Å². The number of primary amides is 1. The van der Waals surface area contributed by atoms with Crippen LogP contribution >= 0.6 is 0 Å². The van der Waals surface area contributed by atoms with Gasteiger partial charge < -0.3 is 26.4 Å². The minimum absolute atomic E-state index is 0.0942. The molecule has 5 atom stereocenters. The number of nitrogens with zero attached hydrogens (tertiary/aromatic N) is 2. The van der Waals surface area contributed by atoms with E-state index in [2.05, 4.69) is 10.6 Å². The molecule has 1 saturated carbocycles. The highest BCUT2D eigenvalue weighted by atomic mass is 19.3. The van der Waals surface area contributed by atoms with Crippen LogP contribution in [0.2, 0.25) is 0 Å². The van der Waals surface area contributed by atoms with Gasteiger partial charge in [0.15, 0.2) is 0 Å². The number of rotatable bonds is 6.